The predicted octanol–water partition coefficient (Wildman–Crippen LogP) is 2.65. The molecule has 0 unspecified atom stereocenters. The molecule has 1 amide bonds. The number of piperazine rings is 1. The first kappa shape index (κ1) is 22.4. The molecule has 3 N–H and O–H groups in total. The zero-order valence-corrected chi connectivity index (χ0v) is 16.9. The number of carbonyl (C=O) groups excluding carboxylic acids is 1. The Morgan fingerprint density at radius 1 is 1.13 bits per heavy atom. The van der Waals surface area contributed by atoms with Crippen LogP contribution in [0.4, 0.5) is 23.2 Å². The lowest BCUT2D eigenvalue weighted by Crippen LogP contribution is -2.47. The van der Waals surface area contributed by atoms with Gasteiger partial charge in [0.05, 0.1) is 12.1 Å². The second kappa shape index (κ2) is 9.67. The molecule has 1 aliphatic rings. The fourth-order valence-corrected chi connectivity index (χ4v) is 3.24. The first-order valence-electron chi connectivity index (χ1n) is 9.67. The number of hydrogen-bond donors (Lipinski definition) is 3. The molecule has 0 atom stereocenters. The number of amides is 1. The van der Waals surface area contributed by atoms with E-state index in [1.54, 1.807) is 0 Å². The molecule has 1 fully saturated rings. The molecule has 0 saturated carbocycles. The third-order valence-corrected chi connectivity index (χ3v) is 4.85. The van der Waals surface area contributed by atoms with Crippen LogP contribution in [0.3, 0.4) is 0 Å². The van der Waals surface area contributed by atoms with Crippen molar-refractivity contribution in [3.05, 3.63) is 65.0 Å². The molecule has 3 rings (SSSR count). The summed E-state index contributed by atoms with van der Waals surface area (Å²) < 4.78 is 52.6. The molecule has 0 aromatic heterocycles. The third kappa shape index (κ3) is 6.09. The summed E-state index contributed by atoms with van der Waals surface area (Å²) in [7, 11) is 1.51. The molecule has 1 heterocycles. The van der Waals surface area contributed by atoms with Gasteiger partial charge < -0.3 is 20.9 Å². The van der Waals surface area contributed by atoms with Crippen molar-refractivity contribution in [1.82, 2.24) is 16.0 Å². The minimum Gasteiger partial charge on any atom is -0.360 e. The van der Waals surface area contributed by atoms with Crippen molar-refractivity contribution >= 4 is 17.6 Å². The van der Waals surface area contributed by atoms with Crippen LogP contribution in [-0.4, -0.2) is 38.5 Å². The number of carbonyl (C=O) groups is 1. The van der Waals surface area contributed by atoms with Gasteiger partial charge in [-0.1, -0.05) is 18.2 Å². The lowest BCUT2D eigenvalue weighted by molar-refractivity contribution is -0.138. The minimum atomic E-state index is -4.65. The summed E-state index contributed by atoms with van der Waals surface area (Å²) in [6.07, 6.45) is -4.65. The number of alkyl halides is 3. The Hall–Kier alpha value is -3.30. The average molecular weight is 437 g/mol. The summed E-state index contributed by atoms with van der Waals surface area (Å²) in [5.41, 5.74) is 0.784. The second-order valence-electron chi connectivity index (χ2n) is 7.02. The summed E-state index contributed by atoms with van der Waals surface area (Å²) in [5.74, 6) is -0.636. The maximum absolute atomic E-state index is 13.2. The Labute approximate surface area is 177 Å². The number of nitrogens with one attached hydrogen (secondary N) is 3. The first-order valence-corrected chi connectivity index (χ1v) is 9.67. The summed E-state index contributed by atoms with van der Waals surface area (Å²) >= 11 is 0. The highest BCUT2D eigenvalue weighted by Gasteiger charge is 2.33. The second-order valence-corrected chi connectivity index (χ2v) is 7.02. The van der Waals surface area contributed by atoms with Crippen molar-refractivity contribution < 1.29 is 22.4 Å². The number of nitrogens with zero attached hydrogens (tertiary/aromatic N) is 2. The van der Waals surface area contributed by atoms with E-state index < -0.39 is 17.6 Å². The lowest BCUT2D eigenvalue weighted by Gasteiger charge is -2.28. The maximum Gasteiger partial charge on any atom is 0.416 e. The number of rotatable bonds is 5. The monoisotopic (exact) mass is 437 g/mol. The number of guanidine groups is 1. The van der Waals surface area contributed by atoms with Gasteiger partial charge in [-0.25, -0.2) is 4.39 Å². The SMILES string of the molecule is CN=C(NCc1ccc(N2CCNC(=O)C2)cc1)NCc1ccc(F)cc1C(F)(F)F. The number of anilines is 1. The van der Waals surface area contributed by atoms with Crippen LogP contribution in [0.2, 0.25) is 0 Å². The Kier molecular flexibility index (Phi) is 6.98. The quantitative estimate of drug-likeness (QED) is 0.382. The van der Waals surface area contributed by atoms with E-state index in [-0.39, 0.29) is 18.0 Å². The van der Waals surface area contributed by atoms with E-state index in [9.17, 15) is 22.4 Å². The fourth-order valence-electron chi connectivity index (χ4n) is 3.24. The summed E-state index contributed by atoms with van der Waals surface area (Å²) in [6.45, 7) is 1.90. The van der Waals surface area contributed by atoms with Crippen LogP contribution in [-0.2, 0) is 24.1 Å². The maximum atomic E-state index is 13.2. The zero-order valence-electron chi connectivity index (χ0n) is 16.9. The number of benzene rings is 2. The largest absolute Gasteiger partial charge is 0.416 e. The fraction of sp³-hybridized carbons (Fsp3) is 0.333. The van der Waals surface area contributed by atoms with E-state index in [4.69, 9.17) is 0 Å². The lowest BCUT2D eigenvalue weighted by atomic mass is 10.1. The molecule has 0 spiro atoms. The third-order valence-electron chi connectivity index (χ3n) is 4.85. The van der Waals surface area contributed by atoms with E-state index in [2.05, 4.69) is 20.9 Å². The van der Waals surface area contributed by atoms with E-state index >= 15 is 0 Å². The van der Waals surface area contributed by atoms with Gasteiger partial charge >= 0.3 is 6.18 Å². The van der Waals surface area contributed by atoms with Gasteiger partial charge in [-0.05, 0) is 35.4 Å². The van der Waals surface area contributed by atoms with Gasteiger partial charge in [0.25, 0.3) is 0 Å². The van der Waals surface area contributed by atoms with Crippen LogP contribution < -0.4 is 20.9 Å². The molecular weight excluding hydrogens is 414 g/mol. The summed E-state index contributed by atoms with van der Waals surface area (Å²) in [5, 5.41) is 8.64. The highest BCUT2D eigenvalue weighted by Crippen LogP contribution is 2.32. The van der Waals surface area contributed by atoms with Gasteiger partial charge in [0.2, 0.25) is 5.91 Å². The van der Waals surface area contributed by atoms with E-state index in [1.165, 1.54) is 7.05 Å². The van der Waals surface area contributed by atoms with Gasteiger partial charge in [-0.3, -0.25) is 9.79 Å². The van der Waals surface area contributed by atoms with Gasteiger partial charge in [0.15, 0.2) is 5.96 Å². The molecule has 0 bridgehead atoms. The molecule has 2 aromatic carbocycles. The van der Waals surface area contributed by atoms with Crippen LogP contribution >= 0.6 is 0 Å². The van der Waals surface area contributed by atoms with Crippen LogP contribution in [0.25, 0.3) is 0 Å². The predicted molar refractivity (Wildman–Crippen MR) is 110 cm³/mol. The molecule has 6 nitrogen and oxygen atoms in total. The van der Waals surface area contributed by atoms with Gasteiger partial charge in [-0.15, -0.1) is 0 Å². The highest BCUT2D eigenvalue weighted by atomic mass is 19.4. The Balaban J connectivity index is 1.56. The van der Waals surface area contributed by atoms with Crippen LogP contribution in [0.5, 0.6) is 0 Å². The molecule has 31 heavy (non-hydrogen) atoms. The van der Waals surface area contributed by atoms with E-state index in [1.807, 2.05) is 29.2 Å². The minimum absolute atomic E-state index is 0.0123. The van der Waals surface area contributed by atoms with Gasteiger partial charge in [0, 0.05) is 38.9 Å². The van der Waals surface area contributed by atoms with E-state index in [0.717, 1.165) is 29.9 Å². The molecule has 1 saturated heterocycles. The van der Waals surface area contributed by atoms with Crippen LogP contribution in [0.1, 0.15) is 16.7 Å². The number of hydrogen-bond acceptors (Lipinski definition) is 3. The average Bonchev–Trinajstić information content (AvgIpc) is 2.74. The number of halogens is 4. The van der Waals surface area contributed by atoms with Crippen molar-refractivity contribution in [1.29, 1.82) is 0 Å². The van der Waals surface area contributed by atoms with Crippen molar-refractivity contribution in [3.63, 3.8) is 0 Å². The Morgan fingerprint density at radius 3 is 2.48 bits per heavy atom. The van der Waals surface area contributed by atoms with Gasteiger partial charge in [0.1, 0.15) is 5.82 Å². The normalized spacial score (nSPS) is 14.9. The molecule has 10 heteroatoms. The summed E-state index contributed by atoms with van der Waals surface area (Å²) in [4.78, 5) is 17.5. The molecule has 1 aliphatic heterocycles. The van der Waals surface area contributed by atoms with Crippen LogP contribution in [0, 0.1) is 5.82 Å². The molecule has 0 aliphatic carbocycles. The number of aliphatic imine (C=N–C) groups is 1. The van der Waals surface area contributed by atoms with Crippen molar-refractivity contribution in [3.8, 4) is 0 Å². The standard InChI is InChI=1S/C21H23F4N5O/c1-26-20(29-12-15-4-5-16(22)10-18(15)21(23,24)25)28-11-14-2-6-17(7-3-14)30-9-8-27-19(31)13-30/h2-7,10H,8-9,11-13H2,1H3,(H,27,31)(H2,26,28,29). The molecular formula is C21H23F4N5O. The zero-order chi connectivity index (χ0) is 22.4. The smallest absolute Gasteiger partial charge is 0.360 e. The van der Waals surface area contributed by atoms with Crippen molar-refractivity contribution in [2.24, 2.45) is 4.99 Å². The topological polar surface area (TPSA) is 68.8 Å². The molecule has 0 radical (unpaired) electrons. The highest BCUT2D eigenvalue weighted by molar-refractivity contribution is 5.82. The first-order chi connectivity index (χ1) is 14.8. The Bertz CT molecular complexity index is 944. The van der Waals surface area contributed by atoms with Crippen molar-refractivity contribution in [2.75, 3.05) is 31.6 Å². The molecule has 166 valence electrons. The Morgan fingerprint density at radius 2 is 1.84 bits per heavy atom. The van der Waals surface area contributed by atoms with Crippen LogP contribution in [0.15, 0.2) is 47.5 Å². The summed E-state index contributed by atoms with van der Waals surface area (Å²) in [6, 6.07) is 10.2. The van der Waals surface area contributed by atoms with E-state index in [0.29, 0.717) is 31.7 Å². The van der Waals surface area contributed by atoms with Gasteiger partial charge in [-0.2, -0.15) is 13.2 Å². The molecule has 2 aromatic rings. The van der Waals surface area contributed by atoms with Crippen molar-refractivity contribution in [2.45, 2.75) is 19.3 Å².